The van der Waals surface area contributed by atoms with Crippen molar-refractivity contribution in [2.45, 2.75) is 26.2 Å². The third-order valence-electron chi connectivity index (χ3n) is 3.59. The van der Waals surface area contributed by atoms with Gasteiger partial charge >= 0.3 is 0 Å². The predicted molar refractivity (Wildman–Crippen MR) is 83.9 cm³/mol. The van der Waals surface area contributed by atoms with Gasteiger partial charge in [-0.05, 0) is 25.0 Å². The molecule has 0 saturated carbocycles. The fourth-order valence-corrected chi connectivity index (χ4v) is 2.35. The van der Waals surface area contributed by atoms with E-state index in [9.17, 15) is 9.59 Å². The van der Waals surface area contributed by atoms with Crippen LogP contribution in [0.5, 0.6) is 5.75 Å². The van der Waals surface area contributed by atoms with Crippen LogP contribution < -0.4 is 10.1 Å². The molecule has 2 amide bonds. The number of aryl methyl sites for hydroxylation is 1. The molecule has 118 valence electrons. The number of benzene rings is 1. The third-order valence-corrected chi connectivity index (χ3v) is 3.59. The number of carbonyl (C=O) groups excluding carboxylic acids is 2. The molecular weight excluding hydrogens is 282 g/mol. The molecule has 0 aliphatic carbocycles. The van der Waals surface area contributed by atoms with Gasteiger partial charge in [-0.25, -0.2) is 5.01 Å². The summed E-state index contributed by atoms with van der Waals surface area (Å²) in [6.07, 6.45) is 1.40. The minimum atomic E-state index is -0.217. The Labute approximate surface area is 130 Å². The summed E-state index contributed by atoms with van der Waals surface area (Å²) in [4.78, 5) is 23.4. The van der Waals surface area contributed by atoms with Crippen molar-refractivity contribution in [2.24, 2.45) is 5.10 Å². The number of hydrogen-bond acceptors (Lipinski definition) is 4. The second-order valence-corrected chi connectivity index (χ2v) is 5.29. The summed E-state index contributed by atoms with van der Waals surface area (Å²) < 4.78 is 5.32. The zero-order chi connectivity index (χ0) is 16.1. The molecule has 6 nitrogen and oxygen atoms in total. The Morgan fingerprint density at radius 1 is 1.41 bits per heavy atom. The van der Waals surface area contributed by atoms with E-state index < -0.39 is 0 Å². The lowest BCUT2D eigenvalue weighted by molar-refractivity contribution is -0.130. The summed E-state index contributed by atoms with van der Waals surface area (Å²) in [5.74, 6) is 0.534. The Kier molecular flexibility index (Phi) is 5.14. The van der Waals surface area contributed by atoms with Gasteiger partial charge < -0.3 is 10.1 Å². The molecule has 1 aliphatic heterocycles. The van der Waals surface area contributed by atoms with Crippen LogP contribution in [0.1, 0.15) is 24.0 Å². The first-order valence-electron chi connectivity index (χ1n) is 7.27. The second-order valence-electron chi connectivity index (χ2n) is 5.29. The van der Waals surface area contributed by atoms with Crippen LogP contribution in [-0.4, -0.2) is 43.2 Å². The summed E-state index contributed by atoms with van der Waals surface area (Å²) in [5.41, 5.74) is 2.61. The molecule has 0 unspecified atom stereocenters. The molecule has 0 spiro atoms. The standard InChI is InChI=1S/C16H21N3O3/c1-11-4-6-14(22-3)12(10-11)8-9-17-16(21)13-5-7-15(20)19(2)18-13/h4,6,10H,5,7-9H2,1-3H3,(H,17,21). The molecule has 1 N–H and O–H groups in total. The quantitative estimate of drug-likeness (QED) is 0.890. The highest BCUT2D eigenvalue weighted by molar-refractivity contribution is 6.39. The van der Waals surface area contributed by atoms with E-state index in [-0.39, 0.29) is 11.8 Å². The number of carbonyl (C=O) groups is 2. The zero-order valence-electron chi connectivity index (χ0n) is 13.2. The summed E-state index contributed by atoms with van der Waals surface area (Å²) in [7, 11) is 3.20. The summed E-state index contributed by atoms with van der Waals surface area (Å²) >= 11 is 0. The number of methoxy groups -OCH3 is 1. The number of amides is 2. The average molecular weight is 303 g/mol. The lowest BCUT2D eigenvalue weighted by atomic mass is 10.1. The highest BCUT2D eigenvalue weighted by Gasteiger charge is 2.21. The normalized spacial score (nSPS) is 14.6. The Morgan fingerprint density at radius 2 is 2.18 bits per heavy atom. The maximum atomic E-state index is 12.1. The molecule has 0 aromatic heterocycles. The van der Waals surface area contributed by atoms with E-state index in [0.717, 1.165) is 16.9 Å². The Morgan fingerprint density at radius 3 is 2.86 bits per heavy atom. The van der Waals surface area contributed by atoms with Gasteiger partial charge in [0.15, 0.2) is 0 Å². The average Bonchev–Trinajstić information content (AvgIpc) is 2.50. The number of rotatable bonds is 5. The number of ether oxygens (including phenoxy) is 1. The Bertz CT molecular complexity index is 611. The van der Waals surface area contributed by atoms with Crippen molar-refractivity contribution in [3.05, 3.63) is 29.3 Å². The van der Waals surface area contributed by atoms with Crippen molar-refractivity contribution in [1.82, 2.24) is 10.3 Å². The van der Waals surface area contributed by atoms with Crippen molar-refractivity contribution in [2.75, 3.05) is 20.7 Å². The Balaban J connectivity index is 1.91. The van der Waals surface area contributed by atoms with Gasteiger partial charge in [-0.15, -0.1) is 0 Å². The lowest BCUT2D eigenvalue weighted by Crippen LogP contribution is -2.38. The molecular formula is C16H21N3O3. The van der Waals surface area contributed by atoms with E-state index >= 15 is 0 Å². The number of nitrogens with zero attached hydrogens (tertiary/aromatic N) is 2. The first-order valence-corrected chi connectivity index (χ1v) is 7.27. The van der Waals surface area contributed by atoms with Crippen LogP contribution in [0.25, 0.3) is 0 Å². The smallest absolute Gasteiger partial charge is 0.267 e. The van der Waals surface area contributed by atoms with Crippen LogP contribution >= 0.6 is 0 Å². The maximum Gasteiger partial charge on any atom is 0.267 e. The molecule has 1 aromatic carbocycles. The Hall–Kier alpha value is -2.37. The van der Waals surface area contributed by atoms with Gasteiger partial charge in [0.1, 0.15) is 11.5 Å². The van der Waals surface area contributed by atoms with E-state index in [1.54, 1.807) is 14.2 Å². The molecule has 22 heavy (non-hydrogen) atoms. The highest BCUT2D eigenvalue weighted by atomic mass is 16.5. The van der Waals surface area contributed by atoms with Gasteiger partial charge in [-0.3, -0.25) is 9.59 Å². The van der Waals surface area contributed by atoms with Gasteiger partial charge in [0.2, 0.25) is 5.91 Å². The maximum absolute atomic E-state index is 12.1. The van der Waals surface area contributed by atoms with Gasteiger partial charge in [0, 0.05) is 26.4 Å². The molecule has 1 heterocycles. The molecule has 1 aliphatic rings. The molecule has 0 fully saturated rings. The highest BCUT2D eigenvalue weighted by Crippen LogP contribution is 2.19. The van der Waals surface area contributed by atoms with Crippen molar-refractivity contribution in [1.29, 1.82) is 0 Å². The number of hydrazone groups is 1. The van der Waals surface area contributed by atoms with E-state index in [2.05, 4.69) is 16.5 Å². The lowest BCUT2D eigenvalue weighted by Gasteiger charge is -2.19. The molecule has 0 atom stereocenters. The molecule has 0 bridgehead atoms. The molecule has 0 saturated heterocycles. The summed E-state index contributed by atoms with van der Waals surface area (Å²) in [6, 6.07) is 5.97. The van der Waals surface area contributed by atoms with Gasteiger partial charge in [0.05, 0.1) is 7.11 Å². The van der Waals surface area contributed by atoms with E-state index in [0.29, 0.717) is 31.5 Å². The van der Waals surface area contributed by atoms with Crippen LogP contribution in [0.2, 0.25) is 0 Å². The van der Waals surface area contributed by atoms with Crippen molar-refractivity contribution in [3.63, 3.8) is 0 Å². The van der Waals surface area contributed by atoms with Crippen LogP contribution in [0.15, 0.2) is 23.3 Å². The van der Waals surface area contributed by atoms with Gasteiger partial charge in [-0.1, -0.05) is 17.7 Å². The number of hydrogen-bond donors (Lipinski definition) is 1. The largest absolute Gasteiger partial charge is 0.496 e. The van der Waals surface area contributed by atoms with Crippen molar-refractivity contribution >= 4 is 17.5 Å². The van der Waals surface area contributed by atoms with Gasteiger partial charge in [0.25, 0.3) is 5.91 Å². The van der Waals surface area contributed by atoms with Crippen LogP contribution in [0.3, 0.4) is 0 Å². The molecule has 0 radical (unpaired) electrons. The van der Waals surface area contributed by atoms with E-state index in [4.69, 9.17) is 4.74 Å². The van der Waals surface area contributed by atoms with Crippen LogP contribution in [0.4, 0.5) is 0 Å². The minimum absolute atomic E-state index is 0.0685. The monoisotopic (exact) mass is 303 g/mol. The summed E-state index contributed by atoms with van der Waals surface area (Å²) in [5, 5.41) is 8.07. The molecule has 2 rings (SSSR count). The van der Waals surface area contributed by atoms with Gasteiger partial charge in [-0.2, -0.15) is 5.10 Å². The summed E-state index contributed by atoms with van der Waals surface area (Å²) in [6.45, 7) is 2.51. The van der Waals surface area contributed by atoms with E-state index in [1.165, 1.54) is 5.01 Å². The fourth-order valence-electron chi connectivity index (χ4n) is 2.35. The fraction of sp³-hybridized carbons (Fsp3) is 0.438. The first-order chi connectivity index (χ1) is 10.5. The van der Waals surface area contributed by atoms with E-state index in [1.807, 2.05) is 19.1 Å². The third kappa shape index (κ3) is 3.84. The molecule has 6 heteroatoms. The first kappa shape index (κ1) is 16.0. The van der Waals surface area contributed by atoms with Crippen molar-refractivity contribution < 1.29 is 14.3 Å². The van der Waals surface area contributed by atoms with Crippen LogP contribution in [0, 0.1) is 6.92 Å². The molecule has 1 aromatic rings. The van der Waals surface area contributed by atoms with Crippen molar-refractivity contribution in [3.8, 4) is 5.75 Å². The predicted octanol–water partition coefficient (Wildman–Crippen LogP) is 1.27. The number of nitrogens with one attached hydrogen (secondary N) is 1. The zero-order valence-corrected chi connectivity index (χ0v) is 13.2. The topological polar surface area (TPSA) is 71.0 Å². The SMILES string of the molecule is COc1ccc(C)cc1CCNC(=O)C1=NN(C)C(=O)CC1. The van der Waals surface area contributed by atoms with Crippen LogP contribution in [-0.2, 0) is 16.0 Å². The second kappa shape index (κ2) is 7.06. The minimum Gasteiger partial charge on any atom is -0.496 e.